The molecular formula is C21H18N2O2S. The molecule has 0 bridgehead atoms. The zero-order valence-corrected chi connectivity index (χ0v) is 15.6. The van der Waals surface area contributed by atoms with E-state index in [1.807, 2.05) is 38.1 Å². The number of aromatic nitrogens is 1. The summed E-state index contributed by atoms with van der Waals surface area (Å²) in [7, 11) is 1.51. The quantitative estimate of drug-likeness (QED) is 0.608. The zero-order chi connectivity index (χ0) is 18.4. The van der Waals surface area contributed by atoms with E-state index in [-0.39, 0.29) is 11.1 Å². The second kappa shape index (κ2) is 6.18. The molecule has 4 nitrogen and oxygen atoms in total. The second-order valence-electron chi connectivity index (χ2n) is 6.43. The van der Waals surface area contributed by atoms with Crippen molar-refractivity contribution in [2.24, 2.45) is 0 Å². The van der Waals surface area contributed by atoms with Gasteiger partial charge < -0.3 is 4.57 Å². The van der Waals surface area contributed by atoms with Gasteiger partial charge in [0, 0.05) is 24.1 Å². The fraction of sp³-hybridized carbons (Fsp3) is 0.143. The van der Waals surface area contributed by atoms with Gasteiger partial charge >= 0.3 is 0 Å². The maximum Gasteiger partial charge on any atom is 0.293 e. The Balaban J connectivity index is 1.79. The number of benzene rings is 2. The summed E-state index contributed by atoms with van der Waals surface area (Å²) in [4.78, 5) is 25.5. The Hall–Kier alpha value is -2.79. The first-order chi connectivity index (χ1) is 12.5. The van der Waals surface area contributed by atoms with Crippen LogP contribution in [0.2, 0.25) is 0 Å². The number of thioether (sulfide) groups is 1. The number of amides is 2. The molecule has 2 aromatic carbocycles. The SMILES string of the molecule is Cc1cc(/C=C2\SC(=O)N(C)C2=O)c(C)n1-c1ccc2ccccc2c1. The molecule has 26 heavy (non-hydrogen) atoms. The van der Waals surface area contributed by atoms with Crippen LogP contribution >= 0.6 is 11.8 Å². The summed E-state index contributed by atoms with van der Waals surface area (Å²) in [5.41, 5.74) is 4.16. The van der Waals surface area contributed by atoms with Crippen LogP contribution in [0.3, 0.4) is 0 Å². The fourth-order valence-electron chi connectivity index (χ4n) is 3.33. The molecule has 4 rings (SSSR count). The Labute approximate surface area is 156 Å². The van der Waals surface area contributed by atoms with Gasteiger partial charge in [-0.2, -0.15) is 0 Å². The van der Waals surface area contributed by atoms with Crippen LogP contribution in [0.1, 0.15) is 17.0 Å². The van der Waals surface area contributed by atoms with E-state index in [0.717, 1.165) is 39.3 Å². The highest BCUT2D eigenvalue weighted by molar-refractivity contribution is 8.18. The monoisotopic (exact) mass is 362 g/mol. The van der Waals surface area contributed by atoms with Gasteiger partial charge in [-0.1, -0.05) is 30.3 Å². The van der Waals surface area contributed by atoms with Crippen molar-refractivity contribution < 1.29 is 9.59 Å². The topological polar surface area (TPSA) is 42.3 Å². The minimum Gasteiger partial charge on any atom is -0.318 e. The number of carbonyl (C=O) groups excluding carboxylic acids is 2. The molecule has 0 spiro atoms. The number of rotatable bonds is 2. The van der Waals surface area contributed by atoms with Crippen molar-refractivity contribution >= 4 is 39.8 Å². The molecule has 2 heterocycles. The Kier molecular flexibility index (Phi) is 3.96. The van der Waals surface area contributed by atoms with E-state index in [1.165, 1.54) is 17.8 Å². The van der Waals surface area contributed by atoms with E-state index in [2.05, 4.69) is 34.9 Å². The zero-order valence-electron chi connectivity index (χ0n) is 14.8. The molecule has 130 valence electrons. The lowest BCUT2D eigenvalue weighted by Crippen LogP contribution is -2.22. The molecule has 1 aromatic heterocycles. The largest absolute Gasteiger partial charge is 0.318 e. The number of hydrogen-bond donors (Lipinski definition) is 0. The van der Waals surface area contributed by atoms with Crippen molar-refractivity contribution in [1.29, 1.82) is 0 Å². The van der Waals surface area contributed by atoms with Gasteiger partial charge in [0.25, 0.3) is 11.1 Å². The highest BCUT2D eigenvalue weighted by Gasteiger charge is 2.32. The summed E-state index contributed by atoms with van der Waals surface area (Å²) in [5.74, 6) is -0.240. The number of imide groups is 1. The van der Waals surface area contributed by atoms with Crippen LogP contribution in [0.5, 0.6) is 0 Å². The molecular weight excluding hydrogens is 344 g/mol. The minimum atomic E-state index is -0.240. The maximum atomic E-state index is 12.1. The van der Waals surface area contributed by atoms with Crippen molar-refractivity contribution in [2.45, 2.75) is 13.8 Å². The third kappa shape index (κ3) is 2.65. The molecule has 3 aromatic rings. The second-order valence-corrected chi connectivity index (χ2v) is 7.43. The molecule has 1 aliphatic heterocycles. The van der Waals surface area contributed by atoms with E-state index in [4.69, 9.17) is 0 Å². The van der Waals surface area contributed by atoms with E-state index in [9.17, 15) is 9.59 Å². The van der Waals surface area contributed by atoms with Crippen LogP contribution in [0, 0.1) is 13.8 Å². The van der Waals surface area contributed by atoms with Gasteiger partial charge in [-0.15, -0.1) is 0 Å². The molecule has 1 fully saturated rings. The number of carbonyl (C=O) groups is 2. The fourth-order valence-corrected chi connectivity index (χ4v) is 4.15. The average molecular weight is 362 g/mol. The summed E-state index contributed by atoms with van der Waals surface area (Å²) in [6.07, 6.45) is 1.81. The lowest BCUT2D eigenvalue weighted by molar-refractivity contribution is -0.121. The van der Waals surface area contributed by atoms with Gasteiger partial charge in [0.15, 0.2) is 0 Å². The van der Waals surface area contributed by atoms with E-state index >= 15 is 0 Å². The number of fused-ring (bicyclic) bond motifs is 1. The molecule has 0 N–H and O–H groups in total. The van der Waals surface area contributed by atoms with Gasteiger partial charge in [-0.05, 0) is 66.2 Å². The predicted molar refractivity (Wildman–Crippen MR) is 106 cm³/mol. The van der Waals surface area contributed by atoms with Crippen molar-refractivity contribution in [3.05, 3.63) is 70.4 Å². The predicted octanol–water partition coefficient (Wildman–Crippen LogP) is 4.91. The summed E-state index contributed by atoms with van der Waals surface area (Å²) in [5, 5.41) is 2.16. The Morgan fingerprint density at radius 2 is 1.69 bits per heavy atom. The Morgan fingerprint density at radius 3 is 2.38 bits per heavy atom. The summed E-state index contributed by atoms with van der Waals surface area (Å²) < 4.78 is 2.18. The number of hydrogen-bond acceptors (Lipinski definition) is 3. The number of aryl methyl sites for hydroxylation is 1. The first-order valence-electron chi connectivity index (χ1n) is 8.35. The van der Waals surface area contributed by atoms with Gasteiger partial charge in [0.2, 0.25) is 0 Å². The molecule has 0 saturated carbocycles. The standard InChI is InChI=1S/C21H18N2O2S/c1-13-10-17(12-19-20(24)22(3)21(25)26-19)14(2)23(13)18-9-8-15-6-4-5-7-16(15)11-18/h4-12H,1-3H3/b19-12-. The molecule has 5 heteroatoms. The van der Waals surface area contributed by atoms with Gasteiger partial charge in [-0.25, -0.2) is 0 Å². The highest BCUT2D eigenvalue weighted by atomic mass is 32.2. The molecule has 0 radical (unpaired) electrons. The molecule has 1 aliphatic rings. The summed E-state index contributed by atoms with van der Waals surface area (Å²) in [6.45, 7) is 4.08. The van der Waals surface area contributed by atoms with E-state index in [0.29, 0.717) is 4.91 Å². The Bertz CT molecular complexity index is 1090. The Morgan fingerprint density at radius 1 is 0.962 bits per heavy atom. The molecule has 2 amide bonds. The first kappa shape index (κ1) is 16.7. The van der Waals surface area contributed by atoms with Crippen molar-refractivity contribution in [3.8, 4) is 5.69 Å². The van der Waals surface area contributed by atoms with Crippen LogP contribution in [0.25, 0.3) is 22.5 Å². The minimum absolute atomic E-state index is 0.232. The normalized spacial score (nSPS) is 16.3. The summed E-state index contributed by atoms with van der Waals surface area (Å²) in [6, 6.07) is 16.7. The maximum absolute atomic E-state index is 12.1. The first-order valence-corrected chi connectivity index (χ1v) is 9.17. The molecule has 0 unspecified atom stereocenters. The molecule has 0 aliphatic carbocycles. The van der Waals surface area contributed by atoms with E-state index in [1.54, 1.807) is 0 Å². The number of nitrogens with zero attached hydrogens (tertiary/aromatic N) is 2. The van der Waals surface area contributed by atoms with Gasteiger partial charge in [0.05, 0.1) is 4.91 Å². The highest BCUT2D eigenvalue weighted by Crippen LogP contribution is 2.33. The average Bonchev–Trinajstić information content (AvgIpc) is 3.05. The van der Waals surface area contributed by atoms with Crippen molar-refractivity contribution in [1.82, 2.24) is 9.47 Å². The molecule has 0 atom stereocenters. The van der Waals surface area contributed by atoms with Crippen LogP contribution in [-0.2, 0) is 4.79 Å². The lowest BCUT2D eigenvalue weighted by Gasteiger charge is -2.11. The van der Waals surface area contributed by atoms with Crippen LogP contribution in [0.4, 0.5) is 4.79 Å². The number of likely N-dealkylation sites (N-methyl/N-ethyl adjacent to an activating group) is 1. The van der Waals surface area contributed by atoms with Gasteiger partial charge in [0.1, 0.15) is 0 Å². The van der Waals surface area contributed by atoms with Gasteiger partial charge in [-0.3, -0.25) is 14.5 Å². The lowest BCUT2D eigenvalue weighted by atomic mass is 10.1. The van der Waals surface area contributed by atoms with Crippen molar-refractivity contribution in [2.75, 3.05) is 7.05 Å². The van der Waals surface area contributed by atoms with Crippen molar-refractivity contribution in [3.63, 3.8) is 0 Å². The summed E-state index contributed by atoms with van der Waals surface area (Å²) >= 11 is 0.987. The van der Waals surface area contributed by atoms with Crippen LogP contribution < -0.4 is 0 Å². The molecule has 1 saturated heterocycles. The third-order valence-corrected chi connectivity index (χ3v) is 5.70. The van der Waals surface area contributed by atoms with Crippen LogP contribution in [0.15, 0.2) is 53.4 Å². The van der Waals surface area contributed by atoms with Crippen LogP contribution in [-0.4, -0.2) is 27.7 Å². The smallest absolute Gasteiger partial charge is 0.293 e. The third-order valence-electron chi connectivity index (χ3n) is 4.73. The van der Waals surface area contributed by atoms with E-state index < -0.39 is 0 Å².